The van der Waals surface area contributed by atoms with Crippen LogP contribution in [-0.2, 0) is 14.4 Å². The SMILES string of the molecule is NCC(=O)NC(CCC(=O)O)C(=O)O.OB(O)O. The van der Waals surface area contributed by atoms with Crippen molar-refractivity contribution in [1.82, 2.24) is 5.32 Å². The van der Waals surface area contributed by atoms with E-state index in [1.807, 2.05) is 0 Å². The van der Waals surface area contributed by atoms with Gasteiger partial charge in [-0.15, -0.1) is 0 Å². The zero-order chi connectivity index (χ0) is 14.7. The van der Waals surface area contributed by atoms with Crippen LogP contribution in [0.25, 0.3) is 0 Å². The molecule has 104 valence electrons. The molecular weight excluding hydrogens is 251 g/mol. The first-order valence-corrected chi connectivity index (χ1v) is 4.69. The Morgan fingerprint density at radius 2 is 1.61 bits per heavy atom. The number of carbonyl (C=O) groups is 3. The van der Waals surface area contributed by atoms with Crippen LogP contribution >= 0.6 is 0 Å². The molecule has 8 N–H and O–H groups in total. The van der Waals surface area contributed by atoms with Crippen molar-refractivity contribution < 1.29 is 39.7 Å². The molecule has 0 rings (SSSR count). The maximum absolute atomic E-state index is 10.7. The summed E-state index contributed by atoms with van der Waals surface area (Å²) < 4.78 is 0. The fourth-order valence-electron chi connectivity index (χ4n) is 0.778. The van der Waals surface area contributed by atoms with Gasteiger partial charge in [-0.25, -0.2) is 4.79 Å². The van der Waals surface area contributed by atoms with Gasteiger partial charge in [0.25, 0.3) is 0 Å². The van der Waals surface area contributed by atoms with Crippen LogP contribution in [0.1, 0.15) is 12.8 Å². The van der Waals surface area contributed by atoms with Crippen molar-refractivity contribution in [3.05, 3.63) is 0 Å². The molecule has 0 aromatic carbocycles. The lowest BCUT2D eigenvalue weighted by Crippen LogP contribution is -2.43. The lowest BCUT2D eigenvalue weighted by molar-refractivity contribution is -0.142. The number of aliphatic carboxylic acids is 2. The molecule has 11 heteroatoms. The molecule has 0 aliphatic rings. The molecular formula is C7H15BN2O8. The number of nitrogens with two attached hydrogens (primary N) is 1. The summed E-state index contributed by atoms with van der Waals surface area (Å²) in [4.78, 5) is 31.4. The van der Waals surface area contributed by atoms with Crippen molar-refractivity contribution in [3.8, 4) is 0 Å². The van der Waals surface area contributed by atoms with Crippen LogP contribution in [0.5, 0.6) is 0 Å². The largest absolute Gasteiger partial charge is 0.631 e. The van der Waals surface area contributed by atoms with E-state index >= 15 is 0 Å². The van der Waals surface area contributed by atoms with Crippen LogP contribution in [0, 0.1) is 0 Å². The predicted octanol–water partition coefficient (Wildman–Crippen LogP) is -3.67. The van der Waals surface area contributed by atoms with E-state index in [1.165, 1.54) is 0 Å². The minimum Gasteiger partial charge on any atom is -0.481 e. The summed E-state index contributed by atoms with van der Waals surface area (Å²) in [6, 6.07) is -1.19. The van der Waals surface area contributed by atoms with E-state index in [4.69, 9.17) is 31.0 Å². The van der Waals surface area contributed by atoms with Crippen molar-refractivity contribution in [2.45, 2.75) is 18.9 Å². The van der Waals surface area contributed by atoms with E-state index in [0.29, 0.717) is 0 Å². The summed E-state index contributed by atoms with van der Waals surface area (Å²) >= 11 is 0. The fourth-order valence-corrected chi connectivity index (χ4v) is 0.778. The third kappa shape index (κ3) is 14.3. The molecule has 0 aliphatic carbocycles. The van der Waals surface area contributed by atoms with Crippen LogP contribution in [0.3, 0.4) is 0 Å². The molecule has 0 aromatic rings. The summed E-state index contributed by atoms with van der Waals surface area (Å²) in [6.07, 6.45) is -0.474. The summed E-state index contributed by atoms with van der Waals surface area (Å²) in [5.41, 5.74) is 4.96. The lowest BCUT2D eigenvalue weighted by Gasteiger charge is -2.12. The smallest absolute Gasteiger partial charge is 0.481 e. The minimum atomic E-state index is -2.17. The Morgan fingerprint density at radius 1 is 1.17 bits per heavy atom. The molecule has 18 heavy (non-hydrogen) atoms. The zero-order valence-electron chi connectivity index (χ0n) is 9.31. The molecule has 0 saturated heterocycles. The normalized spacial score (nSPS) is 10.7. The van der Waals surface area contributed by atoms with Gasteiger partial charge < -0.3 is 36.3 Å². The lowest BCUT2D eigenvalue weighted by atomic mass is 10.1. The second-order valence-corrected chi connectivity index (χ2v) is 2.94. The van der Waals surface area contributed by atoms with Gasteiger partial charge >= 0.3 is 19.3 Å². The average Bonchev–Trinajstić information content (AvgIpc) is 2.22. The summed E-state index contributed by atoms with van der Waals surface area (Å²) in [5, 5.41) is 40.5. The van der Waals surface area contributed by atoms with Crippen LogP contribution < -0.4 is 11.1 Å². The molecule has 0 spiro atoms. The van der Waals surface area contributed by atoms with E-state index in [2.05, 4.69) is 5.32 Å². The average molecular weight is 266 g/mol. The Kier molecular flexibility index (Phi) is 10.9. The van der Waals surface area contributed by atoms with Gasteiger partial charge in [-0.1, -0.05) is 0 Å². The van der Waals surface area contributed by atoms with Gasteiger partial charge in [0.05, 0.1) is 6.54 Å². The number of carboxylic acid groups (broad SMARTS) is 2. The van der Waals surface area contributed by atoms with Gasteiger partial charge in [-0.05, 0) is 6.42 Å². The molecule has 0 saturated carbocycles. The highest BCUT2D eigenvalue weighted by Gasteiger charge is 2.19. The molecule has 0 fully saturated rings. The number of amides is 1. The maximum atomic E-state index is 10.7. The molecule has 0 heterocycles. The Hall–Kier alpha value is -1.69. The Morgan fingerprint density at radius 3 is 1.89 bits per heavy atom. The van der Waals surface area contributed by atoms with Gasteiger partial charge in [0.15, 0.2) is 0 Å². The predicted molar refractivity (Wildman–Crippen MR) is 57.9 cm³/mol. The zero-order valence-corrected chi connectivity index (χ0v) is 9.31. The third-order valence-corrected chi connectivity index (χ3v) is 1.47. The first kappa shape index (κ1) is 18.7. The first-order chi connectivity index (χ1) is 8.20. The number of rotatable bonds is 6. The van der Waals surface area contributed by atoms with Crippen LogP contribution in [-0.4, -0.2) is 63.0 Å². The molecule has 0 aromatic heterocycles. The first-order valence-electron chi connectivity index (χ1n) is 4.69. The van der Waals surface area contributed by atoms with Gasteiger partial charge in [-0.3, -0.25) is 9.59 Å². The topological polar surface area (TPSA) is 190 Å². The quantitative estimate of drug-likeness (QED) is 0.237. The van der Waals surface area contributed by atoms with Crippen LogP contribution in [0.15, 0.2) is 0 Å². The number of carbonyl (C=O) groups excluding carboxylic acids is 1. The molecule has 1 unspecified atom stereocenters. The number of hydrogen-bond acceptors (Lipinski definition) is 7. The molecule has 0 bridgehead atoms. The second-order valence-electron chi connectivity index (χ2n) is 2.94. The fraction of sp³-hybridized carbons (Fsp3) is 0.571. The maximum Gasteiger partial charge on any atom is 0.631 e. The molecule has 10 nitrogen and oxygen atoms in total. The number of hydrogen-bond donors (Lipinski definition) is 7. The summed E-state index contributed by atoms with van der Waals surface area (Å²) in [7, 11) is -2.17. The third-order valence-electron chi connectivity index (χ3n) is 1.47. The molecule has 0 aliphatic heterocycles. The van der Waals surface area contributed by atoms with Gasteiger partial charge in [0, 0.05) is 6.42 Å². The highest BCUT2D eigenvalue weighted by Crippen LogP contribution is 1.97. The Bertz CT molecular complexity index is 282. The Labute approximate surface area is 102 Å². The molecule has 0 radical (unpaired) electrons. The number of carboxylic acids is 2. The monoisotopic (exact) mass is 266 g/mol. The van der Waals surface area contributed by atoms with E-state index in [0.717, 1.165) is 0 Å². The highest BCUT2D eigenvalue weighted by molar-refractivity contribution is 6.30. The van der Waals surface area contributed by atoms with E-state index < -0.39 is 31.2 Å². The second kappa shape index (κ2) is 10.5. The van der Waals surface area contributed by atoms with Gasteiger partial charge in [0.2, 0.25) is 5.91 Å². The molecule has 1 amide bonds. The van der Waals surface area contributed by atoms with Crippen molar-refractivity contribution in [3.63, 3.8) is 0 Å². The van der Waals surface area contributed by atoms with Gasteiger partial charge in [0.1, 0.15) is 6.04 Å². The minimum absolute atomic E-state index is 0.156. The molecule has 1 atom stereocenters. The Balaban J connectivity index is 0. The van der Waals surface area contributed by atoms with E-state index in [-0.39, 0.29) is 19.4 Å². The van der Waals surface area contributed by atoms with Crippen LogP contribution in [0.2, 0.25) is 0 Å². The van der Waals surface area contributed by atoms with E-state index in [1.54, 1.807) is 0 Å². The van der Waals surface area contributed by atoms with Crippen molar-refractivity contribution in [2.75, 3.05) is 6.54 Å². The highest BCUT2D eigenvalue weighted by atomic mass is 16.5. The van der Waals surface area contributed by atoms with Crippen LogP contribution in [0.4, 0.5) is 0 Å². The van der Waals surface area contributed by atoms with Crippen molar-refractivity contribution >= 4 is 25.2 Å². The van der Waals surface area contributed by atoms with Crippen molar-refractivity contribution in [1.29, 1.82) is 0 Å². The standard InChI is InChI=1S/C7H12N2O5.BH3O3/c8-3-5(10)9-4(7(13)14)1-2-6(11)12;2-1(3)4/h4H,1-3,8H2,(H,9,10)(H,11,12)(H,13,14);2-4H. The summed E-state index contributed by atoms with van der Waals surface area (Å²) in [6.45, 7) is -0.323. The van der Waals surface area contributed by atoms with Gasteiger partial charge in [-0.2, -0.15) is 0 Å². The number of nitrogens with one attached hydrogen (secondary N) is 1. The van der Waals surface area contributed by atoms with Crippen molar-refractivity contribution in [2.24, 2.45) is 5.73 Å². The van der Waals surface area contributed by atoms with E-state index in [9.17, 15) is 14.4 Å². The summed E-state index contributed by atoms with van der Waals surface area (Å²) in [5.74, 6) is -3.01.